The van der Waals surface area contributed by atoms with E-state index in [-0.39, 0.29) is 17.3 Å². The number of carbonyl (C=O) groups excluding carboxylic acids is 1. The maximum Gasteiger partial charge on any atom is 0.243 e. The number of hydrogen-bond donors (Lipinski definition) is 2. The zero-order chi connectivity index (χ0) is 20.7. The lowest BCUT2D eigenvalue weighted by atomic mass is 10.2. The van der Waals surface area contributed by atoms with Crippen molar-refractivity contribution in [1.82, 2.24) is 4.31 Å². The first kappa shape index (κ1) is 21.7. The van der Waals surface area contributed by atoms with E-state index in [0.717, 1.165) is 11.3 Å². The number of hydrogen-bond acceptors (Lipinski definition) is 5. The molecule has 7 nitrogen and oxygen atoms in total. The third-order valence-corrected chi connectivity index (χ3v) is 6.42. The molecule has 2 aromatic carbocycles. The summed E-state index contributed by atoms with van der Waals surface area (Å²) < 4.78 is 32.2. The zero-order valence-electron chi connectivity index (χ0n) is 16.7. The molecular weight excluding hydrogens is 378 g/mol. The monoisotopic (exact) mass is 405 g/mol. The van der Waals surface area contributed by atoms with E-state index >= 15 is 0 Å². The lowest BCUT2D eigenvalue weighted by Gasteiger charge is -2.20. The number of ether oxygens (including phenoxy) is 1. The maximum atomic E-state index is 12.7. The molecule has 2 N–H and O–H groups in total. The van der Waals surface area contributed by atoms with Gasteiger partial charge in [0.25, 0.3) is 0 Å². The minimum Gasteiger partial charge on any atom is -0.495 e. The van der Waals surface area contributed by atoms with Gasteiger partial charge < -0.3 is 15.4 Å². The van der Waals surface area contributed by atoms with Gasteiger partial charge in [-0.3, -0.25) is 4.79 Å². The molecule has 2 aromatic rings. The Kier molecular flexibility index (Phi) is 7.42. The normalized spacial score (nSPS) is 11.3. The Labute approximate surface area is 166 Å². The van der Waals surface area contributed by atoms with Gasteiger partial charge in [-0.2, -0.15) is 4.31 Å². The van der Waals surface area contributed by atoms with Gasteiger partial charge in [0, 0.05) is 18.8 Å². The van der Waals surface area contributed by atoms with Crippen molar-refractivity contribution >= 4 is 27.3 Å². The molecule has 0 atom stereocenters. The summed E-state index contributed by atoms with van der Waals surface area (Å²) in [5.74, 6) is 0.218. The van der Waals surface area contributed by atoms with Crippen LogP contribution in [0.1, 0.15) is 19.4 Å². The predicted octanol–water partition coefficient (Wildman–Crippen LogP) is 3.08. The molecule has 0 saturated carbocycles. The second-order valence-corrected chi connectivity index (χ2v) is 8.11. The van der Waals surface area contributed by atoms with Gasteiger partial charge in [0.05, 0.1) is 24.2 Å². The predicted molar refractivity (Wildman–Crippen MR) is 111 cm³/mol. The zero-order valence-corrected chi connectivity index (χ0v) is 17.5. The van der Waals surface area contributed by atoms with Crippen molar-refractivity contribution in [2.24, 2.45) is 0 Å². The topological polar surface area (TPSA) is 87.7 Å². The summed E-state index contributed by atoms with van der Waals surface area (Å²) in [4.78, 5) is 12.4. The van der Waals surface area contributed by atoms with Crippen molar-refractivity contribution in [2.45, 2.75) is 25.7 Å². The van der Waals surface area contributed by atoms with E-state index in [1.807, 2.05) is 31.2 Å². The van der Waals surface area contributed by atoms with E-state index in [1.165, 1.54) is 23.5 Å². The Hall–Kier alpha value is -2.58. The summed E-state index contributed by atoms with van der Waals surface area (Å²) in [6.07, 6.45) is 0. The van der Waals surface area contributed by atoms with Crippen LogP contribution in [0.25, 0.3) is 0 Å². The molecule has 0 aliphatic rings. The van der Waals surface area contributed by atoms with Crippen molar-refractivity contribution in [3.63, 3.8) is 0 Å². The van der Waals surface area contributed by atoms with Gasteiger partial charge in [-0.05, 0) is 36.8 Å². The van der Waals surface area contributed by atoms with Crippen LogP contribution in [0.2, 0.25) is 0 Å². The molecule has 0 saturated heterocycles. The van der Waals surface area contributed by atoms with Crippen molar-refractivity contribution in [3.05, 3.63) is 48.0 Å². The average Bonchev–Trinajstić information content (AvgIpc) is 2.68. The van der Waals surface area contributed by atoms with E-state index in [9.17, 15) is 13.2 Å². The fourth-order valence-corrected chi connectivity index (χ4v) is 4.27. The largest absolute Gasteiger partial charge is 0.495 e. The van der Waals surface area contributed by atoms with E-state index in [2.05, 4.69) is 10.6 Å². The quantitative estimate of drug-likeness (QED) is 0.669. The van der Waals surface area contributed by atoms with Crippen LogP contribution in [0.15, 0.2) is 47.4 Å². The summed E-state index contributed by atoms with van der Waals surface area (Å²) in [6.45, 7) is 6.23. The fourth-order valence-electron chi connectivity index (χ4n) is 2.78. The Morgan fingerprint density at radius 2 is 1.75 bits per heavy atom. The molecule has 2 rings (SSSR count). The highest BCUT2D eigenvalue weighted by atomic mass is 32.2. The lowest BCUT2D eigenvalue weighted by molar-refractivity contribution is -0.114. The van der Waals surface area contributed by atoms with Crippen LogP contribution in [0.4, 0.5) is 11.4 Å². The number of para-hydroxylation sites is 1. The first-order chi connectivity index (χ1) is 13.3. The smallest absolute Gasteiger partial charge is 0.243 e. The van der Waals surface area contributed by atoms with E-state index in [4.69, 9.17) is 4.74 Å². The van der Waals surface area contributed by atoms with Gasteiger partial charge in [-0.1, -0.05) is 32.0 Å². The Bertz CT molecular complexity index is 925. The molecule has 0 fully saturated rings. The molecule has 28 heavy (non-hydrogen) atoms. The highest BCUT2D eigenvalue weighted by molar-refractivity contribution is 7.89. The Morgan fingerprint density at radius 1 is 1.07 bits per heavy atom. The molecule has 0 aliphatic carbocycles. The second kappa shape index (κ2) is 9.57. The van der Waals surface area contributed by atoms with Gasteiger partial charge in [-0.25, -0.2) is 8.42 Å². The van der Waals surface area contributed by atoms with Crippen LogP contribution >= 0.6 is 0 Å². The Morgan fingerprint density at radius 3 is 2.36 bits per heavy atom. The van der Waals surface area contributed by atoms with Crippen molar-refractivity contribution in [3.8, 4) is 5.75 Å². The van der Waals surface area contributed by atoms with E-state index in [1.54, 1.807) is 19.9 Å². The number of amides is 1. The van der Waals surface area contributed by atoms with Gasteiger partial charge >= 0.3 is 0 Å². The summed E-state index contributed by atoms with van der Waals surface area (Å²) in [6, 6.07) is 12.1. The third kappa shape index (κ3) is 5.02. The molecule has 0 radical (unpaired) electrons. The van der Waals surface area contributed by atoms with Crippen LogP contribution in [0.3, 0.4) is 0 Å². The van der Waals surface area contributed by atoms with Crippen LogP contribution in [-0.2, 0) is 14.8 Å². The SMILES string of the molecule is CCN(CC)S(=O)(=O)c1ccc(OC)c(NCC(=O)Nc2ccccc2C)c1. The molecule has 0 aromatic heterocycles. The summed E-state index contributed by atoms with van der Waals surface area (Å²) in [5.41, 5.74) is 2.13. The number of nitrogens with zero attached hydrogens (tertiary/aromatic N) is 1. The van der Waals surface area contributed by atoms with Crippen LogP contribution in [0, 0.1) is 6.92 Å². The number of sulfonamides is 1. The molecule has 0 unspecified atom stereocenters. The summed E-state index contributed by atoms with van der Waals surface area (Å²) >= 11 is 0. The molecular formula is C20H27N3O4S. The van der Waals surface area contributed by atoms with E-state index in [0.29, 0.717) is 24.5 Å². The average molecular weight is 406 g/mol. The van der Waals surface area contributed by atoms with Crippen LogP contribution in [-0.4, -0.2) is 45.4 Å². The fraction of sp³-hybridized carbons (Fsp3) is 0.350. The van der Waals surface area contributed by atoms with Crippen molar-refractivity contribution in [2.75, 3.05) is 37.4 Å². The summed E-state index contributed by atoms with van der Waals surface area (Å²) in [7, 11) is -2.11. The number of carbonyl (C=O) groups is 1. The number of benzene rings is 2. The molecule has 152 valence electrons. The number of rotatable bonds is 9. The molecule has 0 bridgehead atoms. The van der Waals surface area contributed by atoms with Crippen LogP contribution < -0.4 is 15.4 Å². The first-order valence-electron chi connectivity index (χ1n) is 9.11. The minimum absolute atomic E-state index is 0.0283. The van der Waals surface area contributed by atoms with E-state index < -0.39 is 10.0 Å². The standard InChI is InChI=1S/C20H27N3O4S/c1-5-23(6-2)28(25,26)16-11-12-19(27-4)18(13-16)21-14-20(24)22-17-10-8-7-9-15(17)3/h7-13,21H,5-6,14H2,1-4H3,(H,22,24). The second-order valence-electron chi connectivity index (χ2n) is 6.17. The van der Waals surface area contributed by atoms with Crippen LogP contribution in [0.5, 0.6) is 5.75 Å². The molecule has 1 amide bonds. The van der Waals surface area contributed by atoms with Crippen molar-refractivity contribution < 1.29 is 17.9 Å². The van der Waals surface area contributed by atoms with Gasteiger partial charge in [0.15, 0.2) is 0 Å². The molecule has 0 spiro atoms. The first-order valence-corrected chi connectivity index (χ1v) is 10.5. The number of methoxy groups -OCH3 is 1. The lowest BCUT2D eigenvalue weighted by Crippen LogP contribution is -2.30. The third-order valence-electron chi connectivity index (χ3n) is 4.37. The van der Waals surface area contributed by atoms with Gasteiger partial charge in [0.2, 0.25) is 15.9 Å². The van der Waals surface area contributed by atoms with Crippen molar-refractivity contribution in [1.29, 1.82) is 0 Å². The van der Waals surface area contributed by atoms with Gasteiger partial charge in [-0.15, -0.1) is 0 Å². The minimum atomic E-state index is -3.60. The summed E-state index contributed by atoms with van der Waals surface area (Å²) in [5, 5.41) is 5.80. The molecule has 0 heterocycles. The van der Waals surface area contributed by atoms with Gasteiger partial charge in [0.1, 0.15) is 5.75 Å². The highest BCUT2D eigenvalue weighted by Gasteiger charge is 2.23. The number of aryl methyl sites for hydroxylation is 1. The maximum absolute atomic E-state index is 12.7. The Balaban J connectivity index is 2.18. The molecule has 0 aliphatic heterocycles. The highest BCUT2D eigenvalue weighted by Crippen LogP contribution is 2.28. The number of nitrogens with one attached hydrogen (secondary N) is 2. The molecule has 8 heteroatoms. The number of anilines is 2.